The fourth-order valence-corrected chi connectivity index (χ4v) is 3.40. The Balaban J connectivity index is 1.61. The standard InChI is InChI=1S/C18H27ClN4O2/c19-15-5-3-14(4-6-15)17(23-7-10-24-11-8-23)13-22-18(20)21-12-16-2-1-9-25-16/h3-6,16-17H,1-2,7-13H2,(H3,20,21,22). The molecule has 138 valence electrons. The van der Waals surface area contributed by atoms with Gasteiger partial charge in [0.05, 0.1) is 31.9 Å². The Morgan fingerprint density at radius 2 is 2.04 bits per heavy atom. The molecule has 1 aromatic rings. The van der Waals surface area contributed by atoms with E-state index in [1.807, 2.05) is 12.1 Å². The molecule has 3 rings (SSSR count). The van der Waals surface area contributed by atoms with Gasteiger partial charge in [0.2, 0.25) is 0 Å². The number of ether oxygens (including phenoxy) is 2. The van der Waals surface area contributed by atoms with Crippen LogP contribution in [0.3, 0.4) is 0 Å². The number of benzene rings is 1. The van der Waals surface area contributed by atoms with Gasteiger partial charge in [-0.05, 0) is 30.5 Å². The maximum Gasteiger partial charge on any atom is 0.188 e. The number of halogens is 1. The van der Waals surface area contributed by atoms with Crippen LogP contribution >= 0.6 is 11.6 Å². The van der Waals surface area contributed by atoms with Crippen molar-refractivity contribution in [3.05, 3.63) is 34.9 Å². The predicted octanol–water partition coefficient (Wildman–Crippen LogP) is 1.80. The van der Waals surface area contributed by atoms with Crippen molar-refractivity contribution >= 4 is 17.6 Å². The van der Waals surface area contributed by atoms with E-state index in [9.17, 15) is 0 Å². The molecule has 2 aliphatic heterocycles. The van der Waals surface area contributed by atoms with Crippen LogP contribution < -0.4 is 11.1 Å². The zero-order chi connectivity index (χ0) is 17.5. The fourth-order valence-electron chi connectivity index (χ4n) is 3.27. The summed E-state index contributed by atoms with van der Waals surface area (Å²) < 4.78 is 11.1. The van der Waals surface area contributed by atoms with E-state index in [1.165, 1.54) is 5.56 Å². The van der Waals surface area contributed by atoms with Gasteiger partial charge in [-0.15, -0.1) is 0 Å². The third-order valence-electron chi connectivity index (χ3n) is 4.71. The Hall–Kier alpha value is -1.34. The fraction of sp³-hybridized carbons (Fsp3) is 0.611. The van der Waals surface area contributed by atoms with Crippen molar-refractivity contribution in [1.82, 2.24) is 10.2 Å². The summed E-state index contributed by atoms with van der Waals surface area (Å²) in [4.78, 5) is 6.96. The lowest BCUT2D eigenvalue weighted by molar-refractivity contribution is 0.0180. The molecule has 0 saturated carbocycles. The van der Waals surface area contributed by atoms with Gasteiger partial charge in [0.15, 0.2) is 5.96 Å². The number of hydrogen-bond acceptors (Lipinski definition) is 4. The van der Waals surface area contributed by atoms with E-state index in [4.69, 9.17) is 26.8 Å². The third-order valence-corrected chi connectivity index (χ3v) is 4.96. The van der Waals surface area contributed by atoms with Crippen LogP contribution in [0.1, 0.15) is 24.4 Å². The molecule has 2 unspecified atom stereocenters. The van der Waals surface area contributed by atoms with E-state index in [-0.39, 0.29) is 12.1 Å². The first-order valence-corrected chi connectivity index (χ1v) is 9.33. The van der Waals surface area contributed by atoms with Gasteiger partial charge in [0.1, 0.15) is 0 Å². The van der Waals surface area contributed by atoms with Crippen LogP contribution in [0.15, 0.2) is 29.3 Å². The van der Waals surface area contributed by atoms with E-state index >= 15 is 0 Å². The van der Waals surface area contributed by atoms with Crippen LogP contribution in [0.25, 0.3) is 0 Å². The second kappa shape index (κ2) is 9.38. The van der Waals surface area contributed by atoms with Gasteiger partial charge in [-0.3, -0.25) is 9.89 Å². The van der Waals surface area contributed by atoms with Gasteiger partial charge in [-0.1, -0.05) is 23.7 Å². The summed E-state index contributed by atoms with van der Waals surface area (Å²) in [5, 5.41) is 3.92. The van der Waals surface area contributed by atoms with Crippen molar-refractivity contribution in [1.29, 1.82) is 0 Å². The van der Waals surface area contributed by atoms with E-state index in [1.54, 1.807) is 0 Å². The molecule has 0 radical (unpaired) electrons. The summed E-state index contributed by atoms with van der Waals surface area (Å²) in [6.07, 6.45) is 2.46. The predicted molar refractivity (Wildman–Crippen MR) is 100 cm³/mol. The van der Waals surface area contributed by atoms with Crippen LogP contribution in [-0.4, -0.2) is 63.0 Å². The molecule has 2 saturated heterocycles. The molecule has 25 heavy (non-hydrogen) atoms. The number of nitrogens with one attached hydrogen (secondary N) is 1. The highest BCUT2D eigenvalue weighted by atomic mass is 35.5. The van der Waals surface area contributed by atoms with Crippen LogP contribution in [0.5, 0.6) is 0 Å². The van der Waals surface area contributed by atoms with Gasteiger partial charge in [0, 0.05) is 31.3 Å². The third kappa shape index (κ3) is 5.57. The highest BCUT2D eigenvalue weighted by molar-refractivity contribution is 6.30. The highest BCUT2D eigenvalue weighted by Crippen LogP contribution is 2.24. The maximum atomic E-state index is 6.05. The Kier molecular flexibility index (Phi) is 6.93. The van der Waals surface area contributed by atoms with Crippen molar-refractivity contribution < 1.29 is 9.47 Å². The molecule has 3 N–H and O–H groups in total. The number of aliphatic imine (C=N–C) groups is 1. The number of guanidine groups is 1. The summed E-state index contributed by atoms with van der Waals surface area (Å²) in [6.45, 7) is 5.46. The molecular weight excluding hydrogens is 340 g/mol. The minimum atomic E-state index is 0.171. The zero-order valence-corrected chi connectivity index (χ0v) is 15.3. The van der Waals surface area contributed by atoms with E-state index in [0.29, 0.717) is 12.5 Å². The zero-order valence-electron chi connectivity index (χ0n) is 14.5. The molecule has 6 nitrogen and oxygen atoms in total. The Bertz CT molecular complexity index is 555. The second-order valence-corrected chi connectivity index (χ2v) is 6.89. The van der Waals surface area contributed by atoms with E-state index in [0.717, 1.165) is 57.3 Å². The van der Waals surface area contributed by atoms with Gasteiger partial charge < -0.3 is 20.5 Å². The van der Waals surface area contributed by atoms with Crippen molar-refractivity contribution in [2.24, 2.45) is 10.7 Å². The number of rotatable bonds is 6. The number of nitrogens with two attached hydrogens (primary N) is 1. The first-order chi connectivity index (χ1) is 12.2. The maximum absolute atomic E-state index is 6.05. The van der Waals surface area contributed by atoms with Crippen LogP contribution in [0.4, 0.5) is 0 Å². The molecule has 0 aliphatic carbocycles. The Labute approximate surface area is 154 Å². The van der Waals surface area contributed by atoms with Gasteiger partial charge in [-0.2, -0.15) is 0 Å². The molecule has 0 spiro atoms. The molecule has 2 fully saturated rings. The summed E-state index contributed by atoms with van der Waals surface area (Å²) in [6, 6.07) is 8.14. The average Bonchev–Trinajstić information content (AvgIpc) is 3.16. The summed E-state index contributed by atoms with van der Waals surface area (Å²) in [7, 11) is 0. The lowest BCUT2D eigenvalue weighted by atomic mass is 10.0. The van der Waals surface area contributed by atoms with Gasteiger partial charge >= 0.3 is 0 Å². The summed E-state index contributed by atoms with van der Waals surface area (Å²) in [5.41, 5.74) is 7.25. The van der Waals surface area contributed by atoms with Crippen molar-refractivity contribution in [2.75, 3.05) is 46.0 Å². The number of nitrogens with zero attached hydrogens (tertiary/aromatic N) is 2. The van der Waals surface area contributed by atoms with Crippen molar-refractivity contribution in [3.8, 4) is 0 Å². The molecule has 2 aliphatic rings. The highest BCUT2D eigenvalue weighted by Gasteiger charge is 2.22. The quantitative estimate of drug-likeness (QED) is 0.593. The van der Waals surface area contributed by atoms with Crippen LogP contribution in [0, 0.1) is 0 Å². The number of hydrogen-bond donors (Lipinski definition) is 2. The first-order valence-electron chi connectivity index (χ1n) is 8.95. The van der Waals surface area contributed by atoms with Crippen LogP contribution in [0.2, 0.25) is 5.02 Å². The largest absolute Gasteiger partial charge is 0.379 e. The van der Waals surface area contributed by atoms with Crippen molar-refractivity contribution in [3.63, 3.8) is 0 Å². The summed E-state index contributed by atoms with van der Waals surface area (Å²) >= 11 is 6.03. The molecule has 2 heterocycles. The van der Waals surface area contributed by atoms with Crippen molar-refractivity contribution in [2.45, 2.75) is 25.0 Å². The van der Waals surface area contributed by atoms with E-state index < -0.39 is 0 Å². The summed E-state index contributed by atoms with van der Waals surface area (Å²) in [5.74, 6) is 0.475. The van der Waals surface area contributed by atoms with E-state index in [2.05, 4.69) is 27.3 Å². The molecule has 2 atom stereocenters. The molecule has 1 aromatic carbocycles. The normalized spacial score (nSPS) is 23.6. The molecular formula is C18H27ClN4O2. The monoisotopic (exact) mass is 366 g/mol. The lowest BCUT2D eigenvalue weighted by Gasteiger charge is -2.34. The van der Waals surface area contributed by atoms with Crippen LogP contribution in [-0.2, 0) is 9.47 Å². The average molecular weight is 367 g/mol. The second-order valence-electron chi connectivity index (χ2n) is 6.46. The Morgan fingerprint density at radius 3 is 2.72 bits per heavy atom. The minimum absolute atomic E-state index is 0.171. The molecule has 0 amide bonds. The molecule has 7 heteroatoms. The SMILES string of the molecule is NC(=NCC(c1ccc(Cl)cc1)N1CCOCC1)NCC1CCCO1. The Morgan fingerprint density at radius 1 is 1.28 bits per heavy atom. The molecule has 0 bridgehead atoms. The molecule has 0 aromatic heterocycles. The topological polar surface area (TPSA) is 72.1 Å². The van der Waals surface area contributed by atoms with Gasteiger partial charge in [-0.25, -0.2) is 0 Å². The number of morpholine rings is 1. The minimum Gasteiger partial charge on any atom is -0.379 e. The van der Waals surface area contributed by atoms with Gasteiger partial charge in [0.25, 0.3) is 0 Å². The smallest absolute Gasteiger partial charge is 0.188 e. The lowest BCUT2D eigenvalue weighted by Crippen LogP contribution is -2.41. The first kappa shape index (κ1) is 18.5.